The fourth-order valence-corrected chi connectivity index (χ4v) is 3.50. The van der Waals surface area contributed by atoms with E-state index >= 15 is 0 Å². The van der Waals surface area contributed by atoms with Crippen LogP contribution in [0.4, 0.5) is 0 Å². The van der Waals surface area contributed by atoms with Gasteiger partial charge in [0.25, 0.3) is 0 Å². The lowest BCUT2D eigenvalue weighted by Crippen LogP contribution is -2.68. The minimum absolute atomic E-state index is 0.546. The smallest absolute Gasteiger partial charge is 0.0235 e. The Kier molecular flexibility index (Phi) is 0.612. The van der Waals surface area contributed by atoms with Gasteiger partial charge in [0.1, 0.15) is 0 Å². The Balaban J connectivity index is 1.94. The Labute approximate surface area is 57.0 Å². The number of piperidine rings is 1. The molecule has 0 aromatic rings. The van der Waals surface area contributed by atoms with Gasteiger partial charge in [0, 0.05) is 23.5 Å². The van der Waals surface area contributed by atoms with E-state index in [2.05, 4.69) is 14.1 Å². The van der Waals surface area contributed by atoms with E-state index in [9.17, 15) is 0 Å². The molecule has 3 rings (SSSR count). The summed E-state index contributed by atoms with van der Waals surface area (Å²) < 4.78 is 2.41. The van der Waals surface area contributed by atoms with E-state index < -0.39 is 0 Å². The molecule has 5 unspecified atom stereocenters. The topological polar surface area (TPSA) is 29.3 Å². The van der Waals surface area contributed by atoms with Crippen LogP contribution in [-0.4, -0.2) is 22.8 Å². The lowest BCUT2D eigenvalue weighted by Gasteiger charge is -2.57. The zero-order chi connectivity index (χ0) is 6.22. The highest BCUT2D eigenvalue weighted by atomic mass is 31.0. The molecule has 1 heterocycles. The summed E-state index contributed by atoms with van der Waals surface area (Å²) in [5, 5.41) is 0. The molecule has 50 valence electrons. The van der Waals surface area contributed by atoms with Crippen LogP contribution < -0.4 is 5.73 Å². The van der Waals surface area contributed by atoms with Crippen LogP contribution >= 0.6 is 9.39 Å². The van der Waals surface area contributed by atoms with E-state index in [1.54, 1.807) is 0 Å². The van der Waals surface area contributed by atoms with E-state index in [0.29, 0.717) is 11.5 Å². The summed E-state index contributed by atoms with van der Waals surface area (Å²) in [6.45, 7) is 0. The minimum atomic E-state index is 0.546. The second-order valence-electron chi connectivity index (χ2n) is 3.64. The quantitative estimate of drug-likeness (QED) is 0.480. The second-order valence-corrected chi connectivity index (χ2v) is 4.23. The Morgan fingerprint density at radius 2 is 2.33 bits per heavy atom. The van der Waals surface area contributed by atoms with Crippen molar-refractivity contribution in [3.63, 3.8) is 0 Å². The highest BCUT2D eigenvalue weighted by molar-refractivity contribution is 7.13. The van der Waals surface area contributed by atoms with Crippen LogP contribution in [0.15, 0.2) is 0 Å². The third-order valence-electron chi connectivity index (χ3n) is 3.51. The van der Waals surface area contributed by atoms with Gasteiger partial charge in [-0.3, -0.25) is 4.67 Å². The van der Waals surface area contributed by atoms with Crippen molar-refractivity contribution in [2.45, 2.75) is 31.0 Å². The molecule has 2 saturated carbocycles. The summed E-state index contributed by atoms with van der Waals surface area (Å²) >= 11 is 0. The van der Waals surface area contributed by atoms with Crippen molar-refractivity contribution in [2.75, 3.05) is 0 Å². The second kappa shape index (κ2) is 1.09. The number of hydrogen-bond donors (Lipinski definition) is 1. The molecule has 0 amide bonds. The highest BCUT2D eigenvalue weighted by Gasteiger charge is 2.79. The first kappa shape index (κ1) is 5.06. The molecular weight excluding hydrogens is 131 g/mol. The zero-order valence-electron chi connectivity index (χ0n) is 5.25. The summed E-state index contributed by atoms with van der Waals surface area (Å²) in [5.74, 6) is 0. The predicted octanol–water partition coefficient (Wildman–Crippen LogP) is -0.0496. The largest absolute Gasteiger partial charge is 0.327 e. The molecule has 1 spiro atoms. The number of hydrogen-bond acceptors (Lipinski definition) is 2. The molecule has 2 nitrogen and oxygen atoms in total. The SMILES string of the molecule is NC1CC2N(P)C3CC123. The van der Waals surface area contributed by atoms with Crippen molar-refractivity contribution >= 4 is 9.39 Å². The van der Waals surface area contributed by atoms with Crippen LogP contribution in [0.3, 0.4) is 0 Å². The molecule has 3 aliphatic rings. The first-order valence-corrected chi connectivity index (χ1v) is 4.07. The van der Waals surface area contributed by atoms with E-state index in [4.69, 9.17) is 5.73 Å². The Morgan fingerprint density at radius 3 is 2.67 bits per heavy atom. The summed E-state index contributed by atoms with van der Waals surface area (Å²) in [6.07, 6.45) is 2.61. The summed E-state index contributed by atoms with van der Waals surface area (Å²) in [4.78, 5) is 0. The number of nitrogens with zero attached hydrogens (tertiary/aromatic N) is 1. The van der Waals surface area contributed by atoms with Gasteiger partial charge in [-0.05, 0) is 12.8 Å². The van der Waals surface area contributed by atoms with Crippen LogP contribution in [0.1, 0.15) is 12.8 Å². The first-order valence-electron chi connectivity index (χ1n) is 3.55. The zero-order valence-corrected chi connectivity index (χ0v) is 6.40. The van der Waals surface area contributed by atoms with Crippen molar-refractivity contribution in [1.29, 1.82) is 0 Å². The average Bonchev–Trinajstić information content (AvgIpc) is 2.55. The highest BCUT2D eigenvalue weighted by Crippen LogP contribution is 2.73. The summed E-state index contributed by atoms with van der Waals surface area (Å²) in [5.41, 5.74) is 6.51. The van der Waals surface area contributed by atoms with Crippen molar-refractivity contribution in [1.82, 2.24) is 4.67 Å². The van der Waals surface area contributed by atoms with Gasteiger partial charge in [-0.15, -0.1) is 0 Å². The van der Waals surface area contributed by atoms with Gasteiger partial charge in [-0.25, -0.2) is 0 Å². The van der Waals surface area contributed by atoms with Crippen LogP contribution in [-0.2, 0) is 0 Å². The molecule has 5 atom stereocenters. The lowest BCUT2D eigenvalue weighted by molar-refractivity contribution is -0.0161. The fraction of sp³-hybridized carbons (Fsp3) is 1.00. The number of nitrogens with two attached hydrogens (primary N) is 1. The molecule has 9 heavy (non-hydrogen) atoms. The van der Waals surface area contributed by atoms with Crippen LogP contribution in [0.5, 0.6) is 0 Å². The normalized spacial score (nSPS) is 69.3. The van der Waals surface area contributed by atoms with Crippen LogP contribution in [0, 0.1) is 5.41 Å². The van der Waals surface area contributed by atoms with E-state index in [1.165, 1.54) is 12.8 Å². The maximum atomic E-state index is 5.87. The lowest BCUT2D eigenvalue weighted by atomic mass is 9.66. The van der Waals surface area contributed by atoms with E-state index in [1.807, 2.05) is 0 Å². The van der Waals surface area contributed by atoms with Gasteiger partial charge in [-0.2, -0.15) is 0 Å². The van der Waals surface area contributed by atoms with Gasteiger partial charge < -0.3 is 5.73 Å². The average molecular weight is 142 g/mol. The molecule has 1 saturated heterocycles. The third-order valence-corrected chi connectivity index (χ3v) is 4.23. The van der Waals surface area contributed by atoms with Gasteiger partial charge in [0.2, 0.25) is 0 Å². The van der Waals surface area contributed by atoms with Gasteiger partial charge >= 0.3 is 0 Å². The van der Waals surface area contributed by atoms with Crippen LogP contribution in [0.2, 0.25) is 0 Å². The monoisotopic (exact) mass is 142 g/mol. The maximum Gasteiger partial charge on any atom is 0.0235 e. The molecular formula is C6H11N2P. The molecule has 2 aliphatic carbocycles. The Hall–Kier alpha value is 0.350. The molecule has 3 fully saturated rings. The van der Waals surface area contributed by atoms with Crippen molar-refractivity contribution in [3.8, 4) is 0 Å². The molecule has 3 heteroatoms. The summed E-state index contributed by atoms with van der Waals surface area (Å²) in [6, 6.07) is 2.25. The maximum absolute atomic E-state index is 5.87. The first-order chi connectivity index (χ1) is 4.27. The Bertz CT molecular complexity index is 184. The van der Waals surface area contributed by atoms with E-state index in [0.717, 1.165) is 12.1 Å². The fourth-order valence-electron chi connectivity index (χ4n) is 2.72. The minimum Gasteiger partial charge on any atom is -0.327 e. The standard InChI is InChI=1S/C6H11N2P/c7-3-1-4-6(3)2-5(6)8(4)9/h3-5H,1-2,7,9H2. The van der Waals surface area contributed by atoms with Gasteiger partial charge in [-0.1, -0.05) is 9.39 Å². The molecule has 1 aliphatic heterocycles. The third kappa shape index (κ3) is 0.303. The van der Waals surface area contributed by atoms with Gasteiger partial charge in [0.15, 0.2) is 0 Å². The number of rotatable bonds is 0. The molecule has 0 aromatic carbocycles. The van der Waals surface area contributed by atoms with Crippen LogP contribution in [0.25, 0.3) is 0 Å². The molecule has 0 aromatic heterocycles. The summed E-state index contributed by atoms with van der Waals surface area (Å²) in [7, 11) is 2.80. The predicted molar refractivity (Wildman–Crippen MR) is 38.8 cm³/mol. The van der Waals surface area contributed by atoms with Crippen molar-refractivity contribution < 1.29 is 0 Å². The van der Waals surface area contributed by atoms with Crippen molar-refractivity contribution in [2.24, 2.45) is 11.1 Å². The van der Waals surface area contributed by atoms with Gasteiger partial charge in [0.05, 0.1) is 0 Å². The Morgan fingerprint density at radius 1 is 1.56 bits per heavy atom. The van der Waals surface area contributed by atoms with Crippen molar-refractivity contribution in [3.05, 3.63) is 0 Å². The molecule has 0 bridgehead atoms. The molecule has 0 radical (unpaired) electrons. The molecule has 2 N–H and O–H groups in total. The van der Waals surface area contributed by atoms with E-state index in [-0.39, 0.29) is 0 Å².